The number of ether oxygens (including phenoxy) is 2. The summed E-state index contributed by atoms with van der Waals surface area (Å²) >= 11 is 0. The van der Waals surface area contributed by atoms with Crippen molar-refractivity contribution < 1.29 is 18.3 Å². The Kier molecular flexibility index (Phi) is 7.89. The maximum atomic E-state index is 13.0. The van der Waals surface area contributed by atoms with E-state index in [1.165, 1.54) is 12.1 Å². The zero-order valence-electron chi connectivity index (χ0n) is 18.6. The molecule has 174 valence electrons. The molecule has 1 aromatic carbocycles. The zero-order valence-corrected chi connectivity index (χ0v) is 18.6. The monoisotopic (exact) mass is 455 g/mol. The quantitative estimate of drug-likeness (QED) is 0.367. The number of allylic oxidation sites excluding steroid dienone is 1. The maximum Gasteiger partial charge on any atom is 0.263 e. The summed E-state index contributed by atoms with van der Waals surface area (Å²) in [4.78, 5) is 6.20. The first-order valence-electron chi connectivity index (χ1n) is 10.5. The van der Waals surface area contributed by atoms with Crippen molar-refractivity contribution in [2.75, 3.05) is 31.8 Å². The third kappa shape index (κ3) is 6.01. The average molecular weight is 456 g/mol. The minimum absolute atomic E-state index is 0.0278. The number of nitrogens with one attached hydrogen (secondary N) is 3. The molecule has 0 atom stereocenters. The third-order valence-corrected chi connectivity index (χ3v) is 5.06. The lowest BCUT2D eigenvalue weighted by molar-refractivity contribution is 0.151. The number of pyridine rings is 1. The summed E-state index contributed by atoms with van der Waals surface area (Å²) in [6.45, 7) is 9.34. The SMILES string of the molecule is C=C(Nc1cnc(C)c(C(=N)/C=C(\C(=N)OCC)N2CCOC2)c1)c1cccc(C(F)F)c1. The zero-order chi connectivity index (χ0) is 24.0. The molecule has 1 aliphatic heterocycles. The van der Waals surface area contributed by atoms with Gasteiger partial charge in [-0.2, -0.15) is 0 Å². The van der Waals surface area contributed by atoms with E-state index < -0.39 is 6.43 Å². The fourth-order valence-corrected chi connectivity index (χ4v) is 3.32. The Morgan fingerprint density at radius 2 is 2.15 bits per heavy atom. The van der Waals surface area contributed by atoms with Gasteiger partial charge in [0.25, 0.3) is 6.43 Å². The van der Waals surface area contributed by atoms with E-state index >= 15 is 0 Å². The number of hydrogen-bond donors (Lipinski definition) is 3. The first-order chi connectivity index (χ1) is 15.8. The number of rotatable bonds is 9. The summed E-state index contributed by atoms with van der Waals surface area (Å²) < 4.78 is 36.8. The van der Waals surface area contributed by atoms with Gasteiger partial charge >= 0.3 is 0 Å². The summed E-state index contributed by atoms with van der Waals surface area (Å²) in [7, 11) is 0. The Morgan fingerprint density at radius 1 is 1.36 bits per heavy atom. The van der Waals surface area contributed by atoms with Crippen LogP contribution in [0.4, 0.5) is 14.5 Å². The lowest BCUT2D eigenvalue weighted by Gasteiger charge is -2.20. The van der Waals surface area contributed by atoms with Crippen LogP contribution in [0.3, 0.4) is 0 Å². The van der Waals surface area contributed by atoms with Crippen LogP contribution < -0.4 is 5.32 Å². The van der Waals surface area contributed by atoms with Crippen molar-refractivity contribution in [3.05, 3.63) is 77.3 Å². The number of aromatic nitrogens is 1. The average Bonchev–Trinajstić information content (AvgIpc) is 3.33. The molecule has 0 aliphatic carbocycles. The van der Waals surface area contributed by atoms with Crippen LogP contribution in [0.25, 0.3) is 5.70 Å². The molecule has 33 heavy (non-hydrogen) atoms. The van der Waals surface area contributed by atoms with Gasteiger partial charge in [0.2, 0.25) is 5.90 Å². The van der Waals surface area contributed by atoms with Crippen LogP contribution in [0.5, 0.6) is 0 Å². The first kappa shape index (κ1) is 24.1. The maximum absolute atomic E-state index is 13.0. The highest BCUT2D eigenvalue weighted by Crippen LogP contribution is 2.24. The fraction of sp³-hybridized carbons (Fsp3) is 0.292. The van der Waals surface area contributed by atoms with Crippen LogP contribution in [0.2, 0.25) is 0 Å². The molecule has 0 unspecified atom stereocenters. The number of halogens is 2. The second-order valence-electron chi connectivity index (χ2n) is 7.39. The fourth-order valence-electron chi connectivity index (χ4n) is 3.32. The molecule has 0 spiro atoms. The minimum Gasteiger partial charge on any atom is -0.477 e. The Labute approximate surface area is 191 Å². The van der Waals surface area contributed by atoms with E-state index in [4.69, 9.17) is 20.3 Å². The summed E-state index contributed by atoms with van der Waals surface area (Å²) in [5, 5.41) is 19.9. The molecule has 1 fully saturated rings. The Hall–Kier alpha value is -3.59. The molecular formula is C24H27F2N5O2. The van der Waals surface area contributed by atoms with E-state index in [9.17, 15) is 8.78 Å². The van der Waals surface area contributed by atoms with Crippen LogP contribution >= 0.6 is 0 Å². The van der Waals surface area contributed by atoms with Gasteiger partial charge in [0, 0.05) is 29.1 Å². The van der Waals surface area contributed by atoms with Crippen molar-refractivity contribution in [1.82, 2.24) is 9.88 Å². The van der Waals surface area contributed by atoms with Crippen molar-refractivity contribution in [3.8, 4) is 0 Å². The van der Waals surface area contributed by atoms with Crippen molar-refractivity contribution in [2.24, 2.45) is 0 Å². The predicted molar refractivity (Wildman–Crippen MR) is 125 cm³/mol. The first-order valence-corrected chi connectivity index (χ1v) is 10.5. The molecule has 0 radical (unpaired) electrons. The summed E-state index contributed by atoms with van der Waals surface area (Å²) in [6, 6.07) is 7.74. The second-order valence-corrected chi connectivity index (χ2v) is 7.39. The van der Waals surface area contributed by atoms with E-state index in [2.05, 4.69) is 16.9 Å². The number of hydrogen-bond acceptors (Lipinski definition) is 7. The molecule has 7 nitrogen and oxygen atoms in total. The van der Waals surface area contributed by atoms with Gasteiger partial charge in [-0.15, -0.1) is 0 Å². The topological polar surface area (TPSA) is 94.3 Å². The van der Waals surface area contributed by atoms with Crippen LogP contribution in [-0.4, -0.2) is 48.0 Å². The molecule has 3 rings (SSSR count). The van der Waals surface area contributed by atoms with E-state index in [0.717, 1.165) is 0 Å². The number of anilines is 1. The number of aryl methyl sites for hydroxylation is 1. The Morgan fingerprint density at radius 3 is 2.82 bits per heavy atom. The lowest BCUT2D eigenvalue weighted by atomic mass is 10.1. The van der Waals surface area contributed by atoms with Crippen LogP contribution in [0, 0.1) is 17.7 Å². The van der Waals surface area contributed by atoms with Gasteiger partial charge in [0.1, 0.15) is 12.4 Å². The van der Waals surface area contributed by atoms with Gasteiger partial charge in [0.15, 0.2) is 0 Å². The normalized spacial score (nSPS) is 13.8. The second kappa shape index (κ2) is 10.8. The van der Waals surface area contributed by atoms with Crippen molar-refractivity contribution in [1.29, 1.82) is 10.8 Å². The van der Waals surface area contributed by atoms with Gasteiger partial charge in [-0.3, -0.25) is 10.4 Å². The molecular weight excluding hydrogens is 428 g/mol. The largest absolute Gasteiger partial charge is 0.477 e. The highest BCUT2D eigenvalue weighted by molar-refractivity contribution is 6.11. The van der Waals surface area contributed by atoms with E-state index in [-0.39, 0.29) is 17.2 Å². The molecule has 0 bridgehead atoms. The van der Waals surface area contributed by atoms with Crippen molar-refractivity contribution >= 4 is 23.0 Å². The van der Waals surface area contributed by atoms with Crippen molar-refractivity contribution in [2.45, 2.75) is 20.3 Å². The molecule has 0 amide bonds. The number of nitrogens with zero attached hydrogens (tertiary/aromatic N) is 2. The number of alkyl halides is 2. The molecule has 9 heteroatoms. The summed E-state index contributed by atoms with van der Waals surface area (Å²) in [5.41, 5.74) is 3.25. The molecule has 3 N–H and O–H groups in total. The number of benzene rings is 1. The van der Waals surface area contributed by atoms with E-state index in [1.807, 2.05) is 4.90 Å². The van der Waals surface area contributed by atoms with Gasteiger partial charge in [-0.25, -0.2) is 8.78 Å². The lowest BCUT2D eigenvalue weighted by Crippen LogP contribution is -2.27. The molecule has 1 aliphatic rings. The van der Waals surface area contributed by atoms with Gasteiger partial charge in [-0.1, -0.05) is 24.8 Å². The minimum atomic E-state index is -2.57. The van der Waals surface area contributed by atoms with Crippen molar-refractivity contribution in [3.63, 3.8) is 0 Å². The highest BCUT2D eigenvalue weighted by atomic mass is 19.3. The van der Waals surface area contributed by atoms with Gasteiger partial charge in [-0.05, 0) is 37.6 Å². The van der Waals surface area contributed by atoms with Crippen LogP contribution in [0.1, 0.15) is 35.7 Å². The van der Waals surface area contributed by atoms with Crippen LogP contribution in [-0.2, 0) is 9.47 Å². The molecule has 1 aromatic heterocycles. The highest BCUT2D eigenvalue weighted by Gasteiger charge is 2.21. The smallest absolute Gasteiger partial charge is 0.263 e. The molecule has 2 aromatic rings. The summed E-state index contributed by atoms with van der Waals surface area (Å²) in [6.07, 6.45) is 0.597. The molecule has 2 heterocycles. The summed E-state index contributed by atoms with van der Waals surface area (Å²) in [5.74, 6) is -0.0278. The van der Waals surface area contributed by atoms with E-state index in [1.54, 1.807) is 44.3 Å². The predicted octanol–water partition coefficient (Wildman–Crippen LogP) is 4.97. The van der Waals surface area contributed by atoms with Gasteiger partial charge in [0.05, 0.1) is 30.8 Å². The van der Waals surface area contributed by atoms with Crippen LogP contribution in [0.15, 0.2) is 54.9 Å². The standard InChI is InChI=1S/C24H27F2N5O2/c1-4-33-24(28)22(31-8-9-32-14-31)12-21(27)20-11-19(13-29-16(20)3)30-15(2)17-6-5-7-18(10-17)23(25)26/h5-7,10-13,23,27-28,30H,2,4,8-9,14H2,1,3H3/b22-12+,27-21?,28-24?. The third-order valence-electron chi connectivity index (χ3n) is 5.06. The van der Waals surface area contributed by atoms with E-state index in [0.29, 0.717) is 60.4 Å². The Balaban J connectivity index is 1.84. The Bertz CT molecular complexity index is 1080. The molecule has 1 saturated heterocycles. The molecule has 0 saturated carbocycles. The van der Waals surface area contributed by atoms with Gasteiger partial charge < -0.3 is 25.1 Å².